The molecule has 0 radical (unpaired) electrons. The minimum atomic E-state index is -3.32. The van der Waals surface area contributed by atoms with Gasteiger partial charge in [-0.05, 0) is 29.8 Å². The normalized spacial score (nSPS) is 21.8. The van der Waals surface area contributed by atoms with Gasteiger partial charge in [0.1, 0.15) is 9.90 Å². The molecule has 3 N–H and O–H groups in total. The summed E-state index contributed by atoms with van der Waals surface area (Å²) in [7, 11) is -3.32. The van der Waals surface area contributed by atoms with Gasteiger partial charge in [-0.1, -0.05) is 20.8 Å². The minimum absolute atomic E-state index is 0.109. The number of hydrogen-bond donors (Lipinski definition) is 2. The molecule has 5 nitrogen and oxygen atoms in total. The van der Waals surface area contributed by atoms with Crippen molar-refractivity contribution in [3.8, 4) is 0 Å². The summed E-state index contributed by atoms with van der Waals surface area (Å²) in [5, 5.41) is 3.85. The van der Waals surface area contributed by atoms with Crippen molar-refractivity contribution in [1.29, 1.82) is 0 Å². The zero-order valence-electron chi connectivity index (χ0n) is 10.9. The molecule has 0 spiro atoms. The monoisotopic (exact) mass is 289 g/mol. The number of nitrogens with zero attached hydrogens (tertiary/aromatic N) is 1. The van der Waals surface area contributed by atoms with Crippen molar-refractivity contribution >= 4 is 32.2 Å². The van der Waals surface area contributed by atoms with E-state index in [-0.39, 0.29) is 21.9 Å². The van der Waals surface area contributed by atoms with E-state index in [1.54, 1.807) is 0 Å². The lowest BCUT2D eigenvalue weighted by molar-refractivity contribution is 0.595. The van der Waals surface area contributed by atoms with Crippen LogP contribution in [0, 0.1) is 5.41 Å². The molecule has 0 aliphatic heterocycles. The van der Waals surface area contributed by atoms with Gasteiger partial charge in [-0.2, -0.15) is 4.37 Å². The zero-order chi connectivity index (χ0) is 13.6. The predicted molar refractivity (Wildman–Crippen MR) is 74.7 cm³/mol. The van der Waals surface area contributed by atoms with Crippen LogP contribution in [0.1, 0.15) is 33.6 Å². The van der Waals surface area contributed by atoms with Gasteiger partial charge in [0.15, 0.2) is 15.7 Å². The highest BCUT2D eigenvalue weighted by Crippen LogP contribution is 2.48. The van der Waals surface area contributed by atoms with Crippen molar-refractivity contribution in [2.75, 3.05) is 16.8 Å². The van der Waals surface area contributed by atoms with Crippen LogP contribution in [0.2, 0.25) is 0 Å². The van der Waals surface area contributed by atoms with E-state index in [0.717, 1.165) is 18.0 Å². The van der Waals surface area contributed by atoms with Gasteiger partial charge in [0.2, 0.25) is 0 Å². The van der Waals surface area contributed by atoms with Gasteiger partial charge in [0.25, 0.3) is 0 Å². The average molecular weight is 289 g/mol. The van der Waals surface area contributed by atoms with Crippen molar-refractivity contribution < 1.29 is 8.42 Å². The first-order chi connectivity index (χ1) is 8.28. The van der Waals surface area contributed by atoms with Gasteiger partial charge < -0.3 is 11.1 Å². The van der Waals surface area contributed by atoms with Crippen LogP contribution >= 0.6 is 11.5 Å². The Kier molecular flexibility index (Phi) is 3.31. The van der Waals surface area contributed by atoms with Crippen LogP contribution in [0.4, 0.5) is 10.8 Å². The maximum absolute atomic E-state index is 12.1. The Morgan fingerprint density at radius 2 is 2.17 bits per heavy atom. The number of nitrogens with two attached hydrogens (primary N) is 1. The van der Waals surface area contributed by atoms with Crippen molar-refractivity contribution in [2.24, 2.45) is 5.41 Å². The molecule has 102 valence electrons. The molecule has 18 heavy (non-hydrogen) atoms. The summed E-state index contributed by atoms with van der Waals surface area (Å²) in [5.41, 5.74) is 5.93. The number of nitrogens with one attached hydrogen (secondary N) is 1. The molecule has 1 aliphatic rings. The third kappa shape index (κ3) is 2.47. The molecule has 7 heteroatoms. The third-order valence-corrected chi connectivity index (χ3v) is 6.18. The van der Waals surface area contributed by atoms with E-state index in [9.17, 15) is 8.42 Å². The molecule has 1 aliphatic carbocycles. The number of hydrogen-bond acceptors (Lipinski definition) is 6. The summed E-state index contributed by atoms with van der Waals surface area (Å²) < 4.78 is 28.3. The molecular weight excluding hydrogens is 270 g/mol. The van der Waals surface area contributed by atoms with E-state index >= 15 is 0 Å². The van der Waals surface area contributed by atoms with Crippen molar-refractivity contribution in [3.05, 3.63) is 0 Å². The van der Waals surface area contributed by atoms with E-state index in [1.807, 2.05) is 6.92 Å². The molecule has 1 saturated carbocycles. The molecular formula is C11H19N3O2S2. The van der Waals surface area contributed by atoms with Crippen LogP contribution in [0.3, 0.4) is 0 Å². The number of sulfone groups is 1. The van der Waals surface area contributed by atoms with E-state index < -0.39 is 9.84 Å². The lowest BCUT2D eigenvalue weighted by Crippen LogP contribution is -2.13. The van der Waals surface area contributed by atoms with Crippen LogP contribution in [-0.4, -0.2) is 24.6 Å². The fourth-order valence-electron chi connectivity index (χ4n) is 1.93. The fourth-order valence-corrected chi connectivity index (χ4v) is 4.59. The Morgan fingerprint density at radius 3 is 2.67 bits per heavy atom. The summed E-state index contributed by atoms with van der Waals surface area (Å²) in [6.45, 7) is 6.13. The van der Waals surface area contributed by atoms with Crippen molar-refractivity contribution in [3.63, 3.8) is 0 Å². The maximum Gasteiger partial charge on any atom is 0.185 e. The van der Waals surface area contributed by atoms with Crippen LogP contribution < -0.4 is 11.1 Å². The van der Waals surface area contributed by atoms with Crippen molar-refractivity contribution in [2.45, 2.75) is 44.6 Å². The molecule has 0 saturated heterocycles. The van der Waals surface area contributed by atoms with Crippen LogP contribution in [0.25, 0.3) is 0 Å². The molecule has 1 aromatic rings. The maximum atomic E-state index is 12.1. The topological polar surface area (TPSA) is 85.1 Å². The largest absolute Gasteiger partial charge is 0.382 e. The van der Waals surface area contributed by atoms with Gasteiger partial charge in [-0.25, -0.2) is 8.42 Å². The Labute approximate surface area is 112 Å². The quantitative estimate of drug-likeness (QED) is 0.867. The SMILES string of the molecule is CCCS(=O)(=O)c1c(N)nsc1NC1CC1(C)C. The highest BCUT2D eigenvalue weighted by molar-refractivity contribution is 7.91. The van der Waals surface area contributed by atoms with Gasteiger partial charge in [0.05, 0.1) is 5.75 Å². The number of rotatable bonds is 5. The Balaban J connectivity index is 2.28. The predicted octanol–water partition coefficient (Wildman–Crippen LogP) is 2.12. The van der Waals surface area contributed by atoms with E-state index in [4.69, 9.17) is 5.73 Å². The number of anilines is 2. The second-order valence-corrected chi connectivity index (χ2v) is 8.25. The summed E-state index contributed by atoms with van der Waals surface area (Å²) in [6, 6.07) is 0.313. The van der Waals surface area contributed by atoms with Crippen molar-refractivity contribution in [1.82, 2.24) is 4.37 Å². The zero-order valence-corrected chi connectivity index (χ0v) is 12.5. The van der Waals surface area contributed by atoms with Crippen LogP contribution in [0.5, 0.6) is 0 Å². The van der Waals surface area contributed by atoms with Gasteiger partial charge in [-0.15, -0.1) is 0 Å². The number of aromatic nitrogens is 1. The van der Waals surface area contributed by atoms with Gasteiger partial charge >= 0.3 is 0 Å². The first-order valence-electron chi connectivity index (χ1n) is 6.02. The standard InChI is InChI=1S/C11H19N3O2S2/c1-4-5-18(15,16)8-9(12)14-17-10(8)13-7-6-11(7,2)3/h7,13H,4-6H2,1-3H3,(H2,12,14). The van der Waals surface area contributed by atoms with E-state index in [0.29, 0.717) is 17.5 Å². The van der Waals surface area contributed by atoms with Crippen LogP contribution in [0.15, 0.2) is 4.90 Å². The molecule has 1 aromatic heterocycles. The van der Waals surface area contributed by atoms with E-state index in [2.05, 4.69) is 23.5 Å². The molecule has 1 atom stereocenters. The average Bonchev–Trinajstić information content (AvgIpc) is 2.66. The first kappa shape index (κ1) is 13.6. The third-order valence-electron chi connectivity index (χ3n) is 3.28. The Hall–Kier alpha value is -0.820. The second kappa shape index (κ2) is 4.38. The smallest absolute Gasteiger partial charge is 0.185 e. The van der Waals surface area contributed by atoms with E-state index in [1.165, 1.54) is 0 Å². The Bertz CT molecular complexity index is 549. The van der Waals surface area contributed by atoms with Gasteiger partial charge in [0, 0.05) is 6.04 Å². The van der Waals surface area contributed by atoms with Gasteiger partial charge in [-0.3, -0.25) is 0 Å². The summed E-state index contributed by atoms with van der Waals surface area (Å²) >= 11 is 1.13. The summed E-state index contributed by atoms with van der Waals surface area (Å²) in [6.07, 6.45) is 1.62. The molecule has 1 fully saturated rings. The molecule has 0 aromatic carbocycles. The first-order valence-corrected chi connectivity index (χ1v) is 8.45. The number of nitrogen functional groups attached to an aromatic ring is 1. The molecule has 0 amide bonds. The summed E-state index contributed by atoms with van der Waals surface area (Å²) in [5.74, 6) is 0.229. The highest BCUT2D eigenvalue weighted by Gasteiger charge is 2.46. The lowest BCUT2D eigenvalue weighted by Gasteiger charge is -2.08. The minimum Gasteiger partial charge on any atom is -0.382 e. The summed E-state index contributed by atoms with van der Waals surface area (Å²) in [4.78, 5) is 0.192. The molecule has 1 unspecified atom stereocenters. The molecule has 2 rings (SSSR count). The van der Waals surface area contributed by atoms with Crippen LogP contribution in [-0.2, 0) is 9.84 Å². The highest BCUT2D eigenvalue weighted by atomic mass is 32.2. The Morgan fingerprint density at radius 1 is 1.56 bits per heavy atom. The fraction of sp³-hybridized carbons (Fsp3) is 0.727. The second-order valence-electron chi connectivity index (χ2n) is 5.43. The lowest BCUT2D eigenvalue weighted by atomic mass is 10.2. The molecule has 0 bridgehead atoms. The molecule has 1 heterocycles.